The Balaban J connectivity index is 1.87. The molecule has 2 aromatic carbocycles. The topological polar surface area (TPSA) is 90.9 Å². The van der Waals surface area contributed by atoms with Gasteiger partial charge in [-0.15, -0.1) is 11.3 Å². The van der Waals surface area contributed by atoms with E-state index in [4.69, 9.17) is 14.0 Å². The average molecular weight is 473 g/mol. The summed E-state index contributed by atoms with van der Waals surface area (Å²) in [6.45, 7) is 5.24. The van der Waals surface area contributed by atoms with Crippen molar-refractivity contribution in [1.29, 1.82) is 0 Å². The van der Waals surface area contributed by atoms with Gasteiger partial charge in [0.1, 0.15) is 23.3 Å². The van der Waals surface area contributed by atoms with Crippen LogP contribution in [0.1, 0.15) is 22.2 Å². The van der Waals surface area contributed by atoms with E-state index in [9.17, 15) is 14.2 Å². The zero-order valence-corrected chi connectivity index (χ0v) is 19.5. The van der Waals surface area contributed by atoms with Crippen LogP contribution in [-0.4, -0.2) is 31.7 Å². The van der Waals surface area contributed by atoms with E-state index in [-0.39, 0.29) is 12.8 Å². The van der Waals surface area contributed by atoms with Crippen LogP contribution in [0.25, 0.3) is 10.1 Å². The molecule has 0 bridgehead atoms. The molecule has 0 saturated carbocycles. The molecule has 3 rings (SSSR count). The van der Waals surface area contributed by atoms with Crippen LogP contribution in [0.15, 0.2) is 67.3 Å². The van der Waals surface area contributed by atoms with Gasteiger partial charge in [-0.05, 0) is 48.2 Å². The largest absolute Gasteiger partial charge is 0.468 e. The Hall–Kier alpha value is -2.93. The Kier molecular flexibility index (Phi) is 7.85. The third kappa shape index (κ3) is 6.07. The number of methoxy groups -OCH3 is 1. The molecule has 7 nitrogen and oxygen atoms in total. The summed E-state index contributed by atoms with van der Waals surface area (Å²) in [5, 5.41) is 3.64. The fourth-order valence-electron chi connectivity index (χ4n) is 3.02. The average Bonchev–Trinajstić information content (AvgIpc) is 3.20. The molecule has 3 aromatic rings. The SMILES string of the molecule is C=CCOC(=O)c1cc2cc(CP(=O)(NC(C)C(=O)OC)Oc3ccccc3)ccc2s1. The van der Waals surface area contributed by atoms with Crippen molar-refractivity contribution in [2.24, 2.45) is 0 Å². The molecular weight excluding hydrogens is 449 g/mol. The zero-order chi connectivity index (χ0) is 23.1. The number of ether oxygens (including phenoxy) is 2. The molecule has 9 heteroatoms. The fraction of sp³-hybridized carbons (Fsp3) is 0.217. The van der Waals surface area contributed by atoms with Gasteiger partial charge in [-0.1, -0.05) is 36.9 Å². The normalized spacial score (nSPS) is 13.7. The van der Waals surface area contributed by atoms with E-state index in [0.717, 1.165) is 15.6 Å². The van der Waals surface area contributed by atoms with Gasteiger partial charge in [0, 0.05) is 4.70 Å². The first-order valence-electron chi connectivity index (χ1n) is 9.83. The molecular formula is C23H24NO6PS. The number of nitrogens with one attached hydrogen (secondary N) is 1. The van der Waals surface area contributed by atoms with E-state index in [1.54, 1.807) is 37.3 Å². The lowest BCUT2D eigenvalue weighted by Gasteiger charge is -2.23. The van der Waals surface area contributed by atoms with Crippen LogP contribution in [-0.2, 0) is 25.0 Å². The lowest BCUT2D eigenvalue weighted by atomic mass is 10.2. The monoisotopic (exact) mass is 473 g/mol. The van der Waals surface area contributed by atoms with Gasteiger partial charge in [-0.25, -0.2) is 9.88 Å². The summed E-state index contributed by atoms with van der Waals surface area (Å²) in [5.41, 5.74) is 0.727. The van der Waals surface area contributed by atoms with Gasteiger partial charge in [0.15, 0.2) is 0 Å². The first kappa shape index (κ1) is 23.7. The van der Waals surface area contributed by atoms with Crippen LogP contribution in [0.4, 0.5) is 0 Å². The number of benzene rings is 2. The maximum Gasteiger partial charge on any atom is 0.348 e. The van der Waals surface area contributed by atoms with Crippen LogP contribution in [0, 0.1) is 0 Å². The summed E-state index contributed by atoms with van der Waals surface area (Å²) in [4.78, 5) is 24.5. The molecule has 1 aromatic heterocycles. The van der Waals surface area contributed by atoms with Crippen LogP contribution in [0.2, 0.25) is 0 Å². The van der Waals surface area contributed by atoms with Crippen molar-refractivity contribution < 1.29 is 28.2 Å². The molecule has 0 saturated heterocycles. The minimum absolute atomic E-state index is 0.0330. The van der Waals surface area contributed by atoms with Crippen molar-refractivity contribution >= 4 is 40.9 Å². The molecule has 2 unspecified atom stereocenters. The number of para-hydroxylation sites is 1. The second kappa shape index (κ2) is 10.6. The number of esters is 2. The summed E-state index contributed by atoms with van der Waals surface area (Å²) in [6, 6.07) is 15.2. The highest BCUT2D eigenvalue weighted by Crippen LogP contribution is 2.47. The lowest BCUT2D eigenvalue weighted by molar-refractivity contribution is -0.142. The van der Waals surface area contributed by atoms with Gasteiger partial charge >= 0.3 is 19.5 Å². The summed E-state index contributed by atoms with van der Waals surface area (Å²) < 4.78 is 30.3. The highest BCUT2D eigenvalue weighted by atomic mass is 32.1. The van der Waals surface area contributed by atoms with Crippen molar-refractivity contribution in [1.82, 2.24) is 5.09 Å². The van der Waals surface area contributed by atoms with Crippen LogP contribution >= 0.6 is 18.9 Å². The molecule has 2 atom stereocenters. The second-order valence-electron chi connectivity index (χ2n) is 6.98. The number of hydrogen-bond acceptors (Lipinski definition) is 7. The van der Waals surface area contributed by atoms with Crippen molar-refractivity contribution in [3.05, 3.63) is 77.7 Å². The highest BCUT2D eigenvalue weighted by Gasteiger charge is 2.30. The van der Waals surface area contributed by atoms with Gasteiger partial charge in [0.05, 0.1) is 13.3 Å². The summed E-state index contributed by atoms with van der Waals surface area (Å²) in [5.74, 6) is -0.540. The van der Waals surface area contributed by atoms with E-state index < -0.39 is 25.5 Å². The Morgan fingerprint density at radius 2 is 1.94 bits per heavy atom. The Labute approximate surface area is 190 Å². The lowest BCUT2D eigenvalue weighted by Crippen LogP contribution is -2.34. The van der Waals surface area contributed by atoms with Crippen molar-refractivity contribution in [2.75, 3.05) is 13.7 Å². The summed E-state index contributed by atoms with van der Waals surface area (Å²) >= 11 is 1.32. The van der Waals surface area contributed by atoms with Gasteiger partial charge in [-0.3, -0.25) is 9.36 Å². The van der Waals surface area contributed by atoms with Gasteiger partial charge in [0.2, 0.25) is 0 Å². The minimum atomic E-state index is -3.54. The second-order valence-corrected chi connectivity index (χ2v) is 10.2. The molecule has 0 aliphatic heterocycles. The number of rotatable bonds is 10. The van der Waals surface area contributed by atoms with Crippen molar-refractivity contribution in [3.8, 4) is 5.75 Å². The number of carbonyl (C=O) groups excluding carboxylic acids is 2. The smallest absolute Gasteiger partial charge is 0.348 e. The minimum Gasteiger partial charge on any atom is -0.468 e. The maximum absolute atomic E-state index is 13.7. The third-order valence-corrected chi connectivity index (χ3v) is 7.61. The Bertz CT molecular complexity index is 1160. The first-order valence-corrected chi connectivity index (χ1v) is 12.5. The van der Waals surface area contributed by atoms with Gasteiger partial charge in [0.25, 0.3) is 0 Å². The molecule has 1 heterocycles. The highest BCUT2D eigenvalue weighted by molar-refractivity contribution is 7.56. The maximum atomic E-state index is 13.7. The Morgan fingerprint density at radius 3 is 2.62 bits per heavy atom. The first-order chi connectivity index (χ1) is 15.3. The standard InChI is InChI=1S/C23H24NO6PS/c1-4-12-29-23(26)21-14-18-13-17(10-11-20(18)32-21)15-31(27,24-16(2)22(25)28-3)30-19-8-6-5-7-9-19/h4-11,13-14,16H,1,12,15H2,2-3H3,(H,24,27). The van der Waals surface area contributed by atoms with E-state index in [1.807, 2.05) is 24.3 Å². The molecule has 0 aliphatic rings. The van der Waals surface area contributed by atoms with Crippen LogP contribution < -0.4 is 9.61 Å². The number of hydrogen-bond donors (Lipinski definition) is 1. The van der Waals surface area contributed by atoms with Crippen LogP contribution in [0.3, 0.4) is 0 Å². The molecule has 0 spiro atoms. The van der Waals surface area contributed by atoms with Gasteiger partial charge < -0.3 is 14.0 Å². The number of carbonyl (C=O) groups is 2. The van der Waals surface area contributed by atoms with Crippen LogP contribution in [0.5, 0.6) is 5.75 Å². The zero-order valence-electron chi connectivity index (χ0n) is 17.8. The molecule has 0 fully saturated rings. The number of thiophene rings is 1. The molecule has 32 heavy (non-hydrogen) atoms. The third-order valence-electron chi connectivity index (χ3n) is 4.45. The van der Waals surface area contributed by atoms with Crippen molar-refractivity contribution in [3.63, 3.8) is 0 Å². The fourth-order valence-corrected chi connectivity index (χ4v) is 6.00. The molecule has 1 N–H and O–H groups in total. The van der Waals surface area contributed by atoms with E-state index in [0.29, 0.717) is 10.6 Å². The summed E-state index contributed by atoms with van der Waals surface area (Å²) in [7, 11) is -2.27. The molecule has 0 radical (unpaired) electrons. The summed E-state index contributed by atoms with van der Waals surface area (Å²) in [6.07, 6.45) is 1.54. The van der Waals surface area contributed by atoms with E-state index >= 15 is 0 Å². The number of fused-ring (bicyclic) bond motifs is 1. The molecule has 0 amide bonds. The predicted molar refractivity (Wildman–Crippen MR) is 125 cm³/mol. The Morgan fingerprint density at radius 1 is 1.19 bits per heavy atom. The van der Waals surface area contributed by atoms with Crippen molar-refractivity contribution in [2.45, 2.75) is 19.1 Å². The molecule has 168 valence electrons. The van der Waals surface area contributed by atoms with E-state index in [2.05, 4.69) is 11.7 Å². The predicted octanol–water partition coefficient (Wildman–Crippen LogP) is 5.17. The van der Waals surface area contributed by atoms with Gasteiger partial charge in [-0.2, -0.15) is 0 Å². The molecule has 0 aliphatic carbocycles. The van der Waals surface area contributed by atoms with E-state index in [1.165, 1.54) is 24.5 Å². The quantitative estimate of drug-likeness (QED) is 0.247.